The Morgan fingerprint density at radius 1 is 1.38 bits per heavy atom. The van der Waals surface area contributed by atoms with E-state index in [2.05, 4.69) is 31.1 Å². The number of piperazine rings is 1. The number of methoxy groups -OCH3 is 1. The quantitative estimate of drug-likeness (QED) is 0.777. The van der Waals surface area contributed by atoms with Crippen LogP contribution in [0.25, 0.3) is 0 Å². The van der Waals surface area contributed by atoms with E-state index in [0.29, 0.717) is 30.1 Å². The molecule has 1 unspecified atom stereocenters. The minimum absolute atomic E-state index is 0.141. The molecule has 0 bridgehead atoms. The molecule has 1 aromatic carbocycles. The minimum Gasteiger partial charge on any atom is -0.496 e. The van der Waals surface area contributed by atoms with Gasteiger partial charge in [-0.1, -0.05) is 26.8 Å². The number of thiazole rings is 1. The number of ether oxygens (including phenoxy) is 1. The van der Waals surface area contributed by atoms with Gasteiger partial charge in [-0.15, -0.1) is 11.3 Å². The average molecular weight is 418 g/mol. The fourth-order valence-electron chi connectivity index (χ4n) is 3.74. The number of carbonyl (C=O) groups is 2. The van der Waals surface area contributed by atoms with Crippen molar-refractivity contribution < 1.29 is 19.4 Å². The summed E-state index contributed by atoms with van der Waals surface area (Å²) >= 11 is 1.41. The van der Waals surface area contributed by atoms with E-state index >= 15 is 0 Å². The highest BCUT2D eigenvalue weighted by atomic mass is 32.1. The third-order valence-corrected chi connectivity index (χ3v) is 5.94. The predicted octanol–water partition coefficient (Wildman–Crippen LogP) is 2.56. The van der Waals surface area contributed by atoms with Gasteiger partial charge < -0.3 is 20.1 Å². The van der Waals surface area contributed by atoms with Crippen molar-refractivity contribution in [3.63, 3.8) is 0 Å². The lowest BCUT2D eigenvalue weighted by atomic mass is 9.85. The van der Waals surface area contributed by atoms with Crippen molar-refractivity contribution in [1.29, 1.82) is 0 Å². The molecule has 156 valence electrons. The lowest BCUT2D eigenvalue weighted by Gasteiger charge is -2.44. The molecule has 1 atom stereocenters. The van der Waals surface area contributed by atoms with Gasteiger partial charge in [0.2, 0.25) is 0 Å². The van der Waals surface area contributed by atoms with Crippen molar-refractivity contribution in [2.75, 3.05) is 26.7 Å². The second-order valence-electron chi connectivity index (χ2n) is 8.29. The second kappa shape index (κ2) is 8.12. The summed E-state index contributed by atoms with van der Waals surface area (Å²) in [5, 5.41) is 15.1. The lowest BCUT2D eigenvalue weighted by molar-refractivity contribution is -0.151. The minimum atomic E-state index is -1.39. The van der Waals surface area contributed by atoms with Crippen molar-refractivity contribution in [3.8, 4) is 5.75 Å². The topological polar surface area (TPSA) is 91.8 Å². The summed E-state index contributed by atoms with van der Waals surface area (Å²) in [7, 11) is 1.58. The van der Waals surface area contributed by atoms with Crippen molar-refractivity contribution >= 4 is 23.2 Å². The van der Waals surface area contributed by atoms with Crippen LogP contribution in [0.5, 0.6) is 5.75 Å². The zero-order valence-corrected chi connectivity index (χ0v) is 18.0. The number of aromatic nitrogens is 1. The van der Waals surface area contributed by atoms with Crippen LogP contribution in [0.1, 0.15) is 42.4 Å². The van der Waals surface area contributed by atoms with E-state index in [1.165, 1.54) is 16.2 Å². The van der Waals surface area contributed by atoms with Crippen molar-refractivity contribution in [3.05, 3.63) is 45.9 Å². The fourth-order valence-corrected chi connectivity index (χ4v) is 4.30. The zero-order chi connectivity index (χ0) is 21.2. The Balaban J connectivity index is 2.00. The Hall–Kier alpha value is -2.45. The summed E-state index contributed by atoms with van der Waals surface area (Å²) in [6.45, 7) is 7.24. The molecule has 1 aliphatic rings. The average Bonchev–Trinajstić information content (AvgIpc) is 3.19. The number of amides is 1. The van der Waals surface area contributed by atoms with E-state index < -0.39 is 11.5 Å². The molecular weight excluding hydrogens is 390 g/mol. The molecule has 3 rings (SSSR count). The molecule has 29 heavy (non-hydrogen) atoms. The van der Waals surface area contributed by atoms with Gasteiger partial charge in [0.05, 0.1) is 18.3 Å². The molecule has 0 saturated carbocycles. The molecule has 2 aromatic rings. The fraction of sp³-hybridized carbons (Fsp3) is 0.476. The Kier molecular flexibility index (Phi) is 5.95. The van der Waals surface area contributed by atoms with E-state index in [0.717, 1.165) is 5.56 Å². The largest absolute Gasteiger partial charge is 0.496 e. The highest BCUT2D eigenvalue weighted by molar-refractivity contribution is 7.07. The SMILES string of the molecule is COc1cc(C(=O)N2CCNCC2(Cc2cscn2)C(=O)O)ccc1C(C)(C)C. The van der Waals surface area contributed by atoms with Crippen LogP contribution < -0.4 is 10.1 Å². The lowest BCUT2D eigenvalue weighted by Crippen LogP contribution is -2.68. The highest BCUT2D eigenvalue weighted by Gasteiger charge is 2.49. The molecule has 0 spiro atoms. The van der Waals surface area contributed by atoms with Gasteiger partial charge in [-0.05, 0) is 23.1 Å². The number of nitrogens with one attached hydrogen (secondary N) is 1. The summed E-state index contributed by atoms with van der Waals surface area (Å²) in [5.74, 6) is -0.730. The Bertz CT molecular complexity index is 892. The third-order valence-electron chi connectivity index (χ3n) is 5.30. The number of hydrogen-bond donors (Lipinski definition) is 2. The monoisotopic (exact) mass is 417 g/mol. The predicted molar refractivity (Wildman–Crippen MR) is 112 cm³/mol. The molecule has 2 heterocycles. The number of hydrogen-bond acceptors (Lipinski definition) is 6. The van der Waals surface area contributed by atoms with Crippen LogP contribution in [0, 0.1) is 0 Å². The molecule has 0 radical (unpaired) electrons. The first kappa shape index (κ1) is 21.3. The number of rotatable bonds is 5. The van der Waals surface area contributed by atoms with Gasteiger partial charge >= 0.3 is 5.97 Å². The van der Waals surface area contributed by atoms with Gasteiger partial charge in [-0.2, -0.15) is 0 Å². The van der Waals surface area contributed by atoms with Crippen molar-refractivity contribution in [1.82, 2.24) is 15.2 Å². The van der Waals surface area contributed by atoms with E-state index in [9.17, 15) is 14.7 Å². The Labute approximate surface area is 174 Å². The first-order chi connectivity index (χ1) is 13.7. The number of aliphatic carboxylic acids is 1. The van der Waals surface area contributed by atoms with Crippen LogP contribution in [-0.2, 0) is 16.6 Å². The molecule has 1 aromatic heterocycles. The number of carboxylic acids is 1. The van der Waals surface area contributed by atoms with Gasteiger partial charge in [-0.3, -0.25) is 4.79 Å². The Morgan fingerprint density at radius 3 is 2.72 bits per heavy atom. The highest BCUT2D eigenvalue weighted by Crippen LogP contribution is 2.33. The zero-order valence-electron chi connectivity index (χ0n) is 17.2. The first-order valence-corrected chi connectivity index (χ1v) is 10.4. The summed E-state index contributed by atoms with van der Waals surface area (Å²) < 4.78 is 5.53. The molecule has 2 N–H and O–H groups in total. The Morgan fingerprint density at radius 2 is 2.14 bits per heavy atom. The normalized spacial score (nSPS) is 19.8. The molecule has 1 amide bonds. The summed E-state index contributed by atoms with van der Waals surface area (Å²) in [4.78, 5) is 31.5. The molecule has 1 fully saturated rings. The van der Waals surface area contributed by atoms with Crippen LogP contribution in [0.4, 0.5) is 0 Å². The van der Waals surface area contributed by atoms with Gasteiger partial charge in [0.15, 0.2) is 5.54 Å². The number of nitrogens with zero attached hydrogens (tertiary/aromatic N) is 2. The maximum Gasteiger partial charge on any atom is 0.331 e. The molecular formula is C21H27N3O4S. The second-order valence-corrected chi connectivity index (χ2v) is 9.01. The standard InChI is InChI=1S/C21H27N3O4S/c1-20(2,3)16-6-5-14(9-17(16)28-4)18(25)24-8-7-22-12-21(24,19(26)27)10-15-11-29-13-23-15/h5-6,9,11,13,22H,7-8,10,12H2,1-4H3,(H,26,27). The summed E-state index contributed by atoms with van der Waals surface area (Å²) in [5.41, 5.74) is 2.21. The smallest absolute Gasteiger partial charge is 0.331 e. The molecule has 1 aliphatic heterocycles. The molecule has 0 aliphatic carbocycles. The molecule has 8 heteroatoms. The maximum absolute atomic E-state index is 13.4. The summed E-state index contributed by atoms with van der Waals surface area (Å²) in [6.07, 6.45) is 0.155. The van der Waals surface area contributed by atoms with E-state index in [1.54, 1.807) is 24.8 Å². The van der Waals surface area contributed by atoms with Gasteiger partial charge in [0.25, 0.3) is 5.91 Å². The third kappa shape index (κ3) is 4.13. The van der Waals surface area contributed by atoms with E-state index in [1.807, 2.05) is 11.4 Å². The van der Waals surface area contributed by atoms with Gasteiger partial charge in [-0.25, -0.2) is 9.78 Å². The summed E-state index contributed by atoms with van der Waals surface area (Å²) in [6, 6.07) is 5.35. The van der Waals surface area contributed by atoms with Crippen LogP contribution in [0.3, 0.4) is 0 Å². The molecule has 1 saturated heterocycles. The van der Waals surface area contributed by atoms with Gasteiger partial charge in [0, 0.05) is 37.0 Å². The maximum atomic E-state index is 13.4. The van der Waals surface area contributed by atoms with Gasteiger partial charge in [0.1, 0.15) is 5.75 Å². The molecule has 7 nitrogen and oxygen atoms in total. The number of carbonyl (C=O) groups excluding carboxylic acids is 1. The van der Waals surface area contributed by atoms with Crippen LogP contribution in [-0.4, -0.2) is 59.1 Å². The number of carboxylic acid groups (broad SMARTS) is 1. The van der Waals surface area contributed by atoms with Crippen LogP contribution >= 0.6 is 11.3 Å². The van der Waals surface area contributed by atoms with Crippen LogP contribution in [0.15, 0.2) is 29.1 Å². The number of benzene rings is 1. The van der Waals surface area contributed by atoms with Crippen molar-refractivity contribution in [2.45, 2.75) is 38.1 Å². The van der Waals surface area contributed by atoms with Crippen LogP contribution in [0.2, 0.25) is 0 Å². The first-order valence-electron chi connectivity index (χ1n) is 9.51. The van der Waals surface area contributed by atoms with E-state index in [-0.39, 0.29) is 24.3 Å². The van der Waals surface area contributed by atoms with Crippen molar-refractivity contribution in [2.24, 2.45) is 0 Å². The van der Waals surface area contributed by atoms with E-state index in [4.69, 9.17) is 4.74 Å².